The van der Waals surface area contributed by atoms with Gasteiger partial charge < -0.3 is 15.1 Å². The van der Waals surface area contributed by atoms with Crippen molar-refractivity contribution in [2.75, 3.05) is 31.5 Å². The molecule has 4 atom stereocenters. The minimum Gasteiger partial charge on any atom is -0.321 e. The maximum absolute atomic E-state index is 13.6. The molecule has 0 radical (unpaired) electrons. The van der Waals surface area contributed by atoms with Crippen LogP contribution in [0.2, 0.25) is 5.02 Å². The Morgan fingerprint density at radius 3 is 2.86 bits per heavy atom. The molecule has 2 aromatic rings. The predicted molar refractivity (Wildman–Crippen MR) is 136 cm³/mol. The normalized spacial score (nSPS) is 27.2. The highest BCUT2D eigenvalue weighted by atomic mass is 35.5. The molecule has 3 fully saturated rings. The van der Waals surface area contributed by atoms with Gasteiger partial charge in [0, 0.05) is 31.4 Å². The highest BCUT2D eigenvalue weighted by molar-refractivity contribution is 6.31. The number of hydrogen-bond donors (Lipinski definition) is 1. The molecular formula is C28H31ClF2N4O. The summed E-state index contributed by atoms with van der Waals surface area (Å²) < 4.78 is 27.2. The first-order valence-electron chi connectivity index (χ1n) is 12.8. The van der Waals surface area contributed by atoms with E-state index in [1.165, 1.54) is 23.8 Å². The number of nitriles is 1. The van der Waals surface area contributed by atoms with Crippen molar-refractivity contribution in [3.8, 4) is 6.07 Å². The molecule has 1 aliphatic heterocycles. The minimum atomic E-state index is -0.756. The van der Waals surface area contributed by atoms with Crippen molar-refractivity contribution in [1.82, 2.24) is 9.80 Å². The van der Waals surface area contributed by atoms with Crippen molar-refractivity contribution in [2.24, 2.45) is 5.92 Å². The molecule has 3 aliphatic rings. The second-order valence-electron chi connectivity index (χ2n) is 10.5. The summed E-state index contributed by atoms with van der Waals surface area (Å²) in [6.07, 6.45) is 4.42. The number of carbonyl (C=O) groups excluding carboxylic acids is 1. The van der Waals surface area contributed by atoms with E-state index in [0.717, 1.165) is 45.2 Å². The number of benzene rings is 2. The highest BCUT2D eigenvalue weighted by Gasteiger charge is 2.58. The molecule has 2 aliphatic carbocycles. The lowest BCUT2D eigenvalue weighted by atomic mass is 9.80. The third kappa shape index (κ3) is 5.21. The lowest BCUT2D eigenvalue weighted by molar-refractivity contribution is 0.155. The van der Waals surface area contributed by atoms with Crippen molar-refractivity contribution >= 4 is 23.3 Å². The van der Waals surface area contributed by atoms with E-state index in [2.05, 4.69) is 22.4 Å². The summed E-state index contributed by atoms with van der Waals surface area (Å²) in [4.78, 5) is 17.4. The third-order valence-electron chi connectivity index (χ3n) is 8.24. The van der Waals surface area contributed by atoms with Crippen LogP contribution in [0.4, 0.5) is 19.3 Å². The van der Waals surface area contributed by atoms with Crippen LogP contribution < -0.4 is 5.32 Å². The van der Waals surface area contributed by atoms with Gasteiger partial charge in [-0.25, -0.2) is 13.6 Å². The first-order chi connectivity index (χ1) is 17.4. The molecular weight excluding hydrogens is 482 g/mol. The Hall–Kier alpha value is -2.69. The minimum absolute atomic E-state index is 0.0332. The average Bonchev–Trinajstić information content (AvgIpc) is 3.48. The standard InChI is InChI=1S/C28H31ClF2N4O/c29-25-15-23(5-6-26(25)31)33-27(36)35(11-2-10-34-12-8-22(30)18-34)24-7-9-28(16-21(28)14-24)20-4-1-3-19(13-20)17-32/h1,3-6,13,15,21-22,24H,2,7-12,14,16,18H2,(H,33,36)/t21?,22-,24+,28+/m0/s1. The van der Waals surface area contributed by atoms with Crippen LogP contribution in [0, 0.1) is 23.1 Å². The maximum atomic E-state index is 13.6. The molecule has 190 valence electrons. The molecule has 0 bridgehead atoms. The van der Waals surface area contributed by atoms with E-state index >= 15 is 0 Å². The molecule has 0 aromatic heterocycles. The smallest absolute Gasteiger partial charge is 0.321 e. The first-order valence-corrected chi connectivity index (χ1v) is 13.2. The number of rotatable bonds is 7. The summed E-state index contributed by atoms with van der Waals surface area (Å²) >= 11 is 5.92. The number of nitrogens with zero attached hydrogens (tertiary/aromatic N) is 3. The Kier molecular flexibility index (Phi) is 7.18. The van der Waals surface area contributed by atoms with E-state index in [1.54, 1.807) is 0 Å². The largest absolute Gasteiger partial charge is 0.322 e. The topological polar surface area (TPSA) is 59.4 Å². The molecule has 1 unspecified atom stereocenters. The van der Waals surface area contributed by atoms with E-state index in [4.69, 9.17) is 11.6 Å². The zero-order valence-corrected chi connectivity index (χ0v) is 21.0. The Morgan fingerprint density at radius 1 is 1.28 bits per heavy atom. The molecule has 0 spiro atoms. The number of nitrogens with one attached hydrogen (secondary N) is 1. The van der Waals surface area contributed by atoms with Gasteiger partial charge in [-0.05, 0) is 92.3 Å². The summed E-state index contributed by atoms with van der Waals surface area (Å²) in [5, 5.41) is 12.2. The molecule has 2 amide bonds. The summed E-state index contributed by atoms with van der Waals surface area (Å²) in [6, 6.07) is 14.2. The van der Waals surface area contributed by atoms with Crippen molar-refractivity contribution in [3.05, 3.63) is 64.4 Å². The SMILES string of the molecule is N#Cc1cccc([C@]23CC[C@@H](N(CCCN4CC[C@H](F)C4)C(=O)Nc4ccc(F)c(Cl)c4)CC2C3)c1. The van der Waals surface area contributed by atoms with Gasteiger partial charge in [0.25, 0.3) is 0 Å². The van der Waals surface area contributed by atoms with Crippen molar-refractivity contribution < 1.29 is 13.6 Å². The van der Waals surface area contributed by atoms with E-state index in [-0.39, 0.29) is 22.5 Å². The Bertz CT molecular complexity index is 1170. The number of likely N-dealkylation sites (tertiary alicyclic amines) is 1. The number of urea groups is 1. The lowest BCUT2D eigenvalue weighted by Crippen LogP contribution is -2.46. The molecule has 5 rings (SSSR count). The van der Waals surface area contributed by atoms with Crippen LogP contribution in [0.15, 0.2) is 42.5 Å². The van der Waals surface area contributed by atoms with Gasteiger partial charge in [0.2, 0.25) is 0 Å². The first kappa shape index (κ1) is 25.0. The second kappa shape index (κ2) is 10.4. The molecule has 1 saturated heterocycles. The van der Waals surface area contributed by atoms with Gasteiger partial charge in [-0.1, -0.05) is 23.7 Å². The fourth-order valence-corrected chi connectivity index (χ4v) is 6.40. The molecule has 8 heteroatoms. The summed E-state index contributed by atoms with van der Waals surface area (Å²) in [5.74, 6) is -0.0484. The van der Waals surface area contributed by atoms with E-state index in [1.807, 2.05) is 23.1 Å². The molecule has 1 N–H and O–H groups in total. The van der Waals surface area contributed by atoms with E-state index < -0.39 is 12.0 Å². The Balaban J connectivity index is 1.27. The number of alkyl halides is 1. The monoisotopic (exact) mass is 512 g/mol. The predicted octanol–water partition coefficient (Wildman–Crippen LogP) is 6.13. The molecule has 5 nitrogen and oxygen atoms in total. The van der Waals surface area contributed by atoms with E-state index in [9.17, 15) is 18.8 Å². The molecule has 36 heavy (non-hydrogen) atoms. The van der Waals surface area contributed by atoms with Crippen molar-refractivity contribution in [3.63, 3.8) is 0 Å². The maximum Gasteiger partial charge on any atom is 0.322 e. The number of fused-ring (bicyclic) bond motifs is 1. The summed E-state index contributed by atoms with van der Waals surface area (Å²) in [6.45, 7) is 2.56. The number of halogens is 3. The molecule has 1 heterocycles. The van der Waals surface area contributed by atoms with Gasteiger partial charge >= 0.3 is 6.03 Å². The van der Waals surface area contributed by atoms with Crippen molar-refractivity contribution in [1.29, 1.82) is 5.26 Å². The van der Waals surface area contributed by atoms with Crippen LogP contribution in [0.5, 0.6) is 0 Å². The fraction of sp³-hybridized carbons (Fsp3) is 0.500. The molecule has 2 aromatic carbocycles. The summed E-state index contributed by atoms with van der Waals surface area (Å²) in [7, 11) is 0. The van der Waals surface area contributed by atoms with Gasteiger partial charge in [-0.2, -0.15) is 5.26 Å². The van der Waals surface area contributed by atoms with Crippen LogP contribution in [0.3, 0.4) is 0 Å². The number of carbonyl (C=O) groups is 1. The zero-order chi connectivity index (χ0) is 25.3. The van der Waals surface area contributed by atoms with Crippen LogP contribution in [-0.2, 0) is 5.41 Å². The van der Waals surface area contributed by atoms with Crippen molar-refractivity contribution in [2.45, 2.75) is 56.2 Å². The van der Waals surface area contributed by atoms with Crippen LogP contribution >= 0.6 is 11.6 Å². The number of anilines is 1. The van der Waals surface area contributed by atoms with Crippen LogP contribution in [0.25, 0.3) is 0 Å². The second-order valence-corrected chi connectivity index (χ2v) is 10.9. The quantitative estimate of drug-likeness (QED) is 0.485. The van der Waals surface area contributed by atoms with Gasteiger partial charge in [0.1, 0.15) is 12.0 Å². The van der Waals surface area contributed by atoms with Gasteiger partial charge in [0.15, 0.2) is 0 Å². The van der Waals surface area contributed by atoms with E-state index in [0.29, 0.717) is 36.7 Å². The Labute approximate surface area is 216 Å². The average molecular weight is 513 g/mol. The highest BCUT2D eigenvalue weighted by Crippen LogP contribution is 2.62. The third-order valence-corrected chi connectivity index (χ3v) is 8.53. The summed E-state index contributed by atoms with van der Waals surface area (Å²) in [5.41, 5.74) is 2.49. The Morgan fingerprint density at radius 2 is 2.14 bits per heavy atom. The zero-order valence-electron chi connectivity index (χ0n) is 20.2. The van der Waals surface area contributed by atoms with Crippen LogP contribution in [-0.4, -0.2) is 54.2 Å². The molecule has 2 saturated carbocycles. The van der Waals surface area contributed by atoms with Gasteiger partial charge in [0.05, 0.1) is 16.7 Å². The fourth-order valence-electron chi connectivity index (χ4n) is 6.22. The van der Waals surface area contributed by atoms with Crippen LogP contribution in [0.1, 0.15) is 49.7 Å². The lowest BCUT2D eigenvalue weighted by Gasteiger charge is -2.37. The van der Waals surface area contributed by atoms with Gasteiger partial charge in [-0.3, -0.25) is 0 Å². The number of hydrogen-bond acceptors (Lipinski definition) is 3. The number of amides is 2. The van der Waals surface area contributed by atoms with Gasteiger partial charge in [-0.15, -0.1) is 0 Å².